The van der Waals surface area contributed by atoms with Crippen molar-refractivity contribution in [1.82, 2.24) is 4.90 Å². The maximum Gasteiger partial charge on any atom is 0.328 e. The lowest BCUT2D eigenvalue weighted by atomic mass is 9.83. The molecule has 0 atom stereocenters. The van der Waals surface area contributed by atoms with Crippen LogP contribution in [0.25, 0.3) is 0 Å². The van der Waals surface area contributed by atoms with E-state index in [0.29, 0.717) is 17.7 Å². The third kappa shape index (κ3) is 7.86. The molecule has 1 spiro atoms. The van der Waals surface area contributed by atoms with Crippen LogP contribution in [0.4, 0.5) is 5.69 Å². The summed E-state index contributed by atoms with van der Waals surface area (Å²) in [4.78, 5) is 24.8. The average Bonchev–Trinajstić information content (AvgIpc) is 3.25. The number of benzene rings is 1. The Kier molecular flexibility index (Phi) is 10.4. The molecule has 1 aromatic rings. The number of anilines is 1. The van der Waals surface area contributed by atoms with Gasteiger partial charge >= 0.3 is 11.9 Å². The molecule has 0 bridgehead atoms. The van der Waals surface area contributed by atoms with Crippen LogP contribution in [0.15, 0.2) is 42.5 Å². The molecule has 0 unspecified atom stereocenters. The van der Waals surface area contributed by atoms with E-state index in [0.717, 1.165) is 6.04 Å². The van der Waals surface area contributed by atoms with Crippen molar-refractivity contribution in [2.24, 2.45) is 0 Å². The average molecular weight is 471 g/mol. The van der Waals surface area contributed by atoms with E-state index in [1.165, 1.54) is 109 Å². The SMILES string of the molecule is O=C(O)C=CC(=O)O.c1ccc(N2CCCC23CCN(C2CCCCCCCCC2)CC3)cc1. The standard InChI is InChI=1S/C24H38N2.C4H4O4/c1-2-4-7-12-22(13-8-5-3-1)25-20-17-24(18-21-25)16-11-19-26(24)23-14-9-6-10-15-23;5-3(6)1-2-4(7)8/h6,9-10,14-15,22H,1-5,7-8,11-13,16-21H2;1-2H,(H,5,6)(H,7,8). The first kappa shape index (κ1) is 26.3. The Balaban J connectivity index is 0.000000350. The minimum absolute atomic E-state index is 0.452. The van der Waals surface area contributed by atoms with Gasteiger partial charge in [0.25, 0.3) is 0 Å². The number of nitrogens with zero attached hydrogens (tertiary/aromatic N) is 2. The molecular weight excluding hydrogens is 428 g/mol. The summed E-state index contributed by atoms with van der Waals surface area (Å²) in [5.74, 6) is -2.51. The smallest absolute Gasteiger partial charge is 0.328 e. The predicted molar refractivity (Wildman–Crippen MR) is 136 cm³/mol. The molecule has 3 aliphatic rings. The van der Waals surface area contributed by atoms with Crippen LogP contribution in [0, 0.1) is 0 Å². The molecule has 4 rings (SSSR count). The Bertz CT molecular complexity index is 761. The Morgan fingerprint density at radius 2 is 1.26 bits per heavy atom. The first-order valence-corrected chi connectivity index (χ1v) is 13.2. The number of hydrogen-bond donors (Lipinski definition) is 2. The highest BCUT2D eigenvalue weighted by Crippen LogP contribution is 2.42. The van der Waals surface area contributed by atoms with E-state index in [-0.39, 0.29) is 0 Å². The van der Waals surface area contributed by atoms with Gasteiger partial charge in [-0.05, 0) is 50.7 Å². The molecule has 0 aromatic heterocycles. The Labute approximate surface area is 204 Å². The van der Waals surface area contributed by atoms with E-state index in [4.69, 9.17) is 10.2 Å². The molecule has 34 heavy (non-hydrogen) atoms. The number of carboxylic acids is 2. The summed E-state index contributed by atoms with van der Waals surface area (Å²) in [6.45, 7) is 3.91. The second-order valence-electron chi connectivity index (χ2n) is 10.1. The molecule has 6 heteroatoms. The number of likely N-dealkylation sites (tertiary alicyclic amines) is 1. The quantitative estimate of drug-likeness (QED) is 0.547. The highest BCUT2D eigenvalue weighted by Gasteiger charge is 2.43. The molecule has 2 heterocycles. The minimum atomic E-state index is -1.26. The fourth-order valence-electron chi connectivity index (χ4n) is 6.07. The van der Waals surface area contributed by atoms with Gasteiger partial charge in [-0.2, -0.15) is 0 Å². The normalized spacial score (nSPS) is 22.3. The van der Waals surface area contributed by atoms with Gasteiger partial charge in [-0.15, -0.1) is 0 Å². The fourth-order valence-corrected chi connectivity index (χ4v) is 6.07. The van der Waals surface area contributed by atoms with E-state index in [1.54, 1.807) is 0 Å². The van der Waals surface area contributed by atoms with Gasteiger partial charge in [0.05, 0.1) is 0 Å². The first-order chi connectivity index (χ1) is 16.5. The summed E-state index contributed by atoms with van der Waals surface area (Å²) in [6.07, 6.45) is 19.8. The molecule has 3 fully saturated rings. The third-order valence-electron chi connectivity index (χ3n) is 7.85. The van der Waals surface area contributed by atoms with Crippen molar-refractivity contribution in [3.05, 3.63) is 42.5 Å². The van der Waals surface area contributed by atoms with Crippen LogP contribution in [0.5, 0.6) is 0 Å². The summed E-state index contributed by atoms with van der Waals surface area (Å²) < 4.78 is 0. The van der Waals surface area contributed by atoms with Gasteiger partial charge in [0, 0.05) is 49.1 Å². The lowest BCUT2D eigenvalue weighted by Gasteiger charge is -2.48. The number of rotatable bonds is 4. The second-order valence-corrected chi connectivity index (χ2v) is 10.1. The lowest BCUT2D eigenvalue weighted by Crippen LogP contribution is -2.54. The van der Waals surface area contributed by atoms with E-state index in [1.807, 2.05) is 0 Å². The number of aliphatic carboxylic acids is 2. The van der Waals surface area contributed by atoms with Gasteiger partial charge < -0.3 is 20.0 Å². The maximum absolute atomic E-state index is 9.55. The summed E-state index contributed by atoms with van der Waals surface area (Å²) >= 11 is 0. The van der Waals surface area contributed by atoms with Crippen molar-refractivity contribution >= 4 is 17.6 Å². The largest absolute Gasteiger partial charge is 0.478 e. The van der Waals surface area contributed by atoms with Gasteiger partial charge in [0.2, 0.25) is 0 Å². The monoisotopic (exact) mass is 470 g/mol. The predicted octanol–water partition coefficient (Wildman–Crippen LogP) is 5.73. The Hall–Kier alpha value is -2.34. The fraction of sp³-hybridized carbons (Fsp3) is 0.643. The lowest BCUT2D eigenvalue weighted by molar-refractivity contribution is -0.134. The van der Waals surface area contributed by atoms with Gasteiger partial charge in [0.15, 0.2) is 0 Å². The van der Waals surface area contributed by atoms with Crippen LogP contribution in [-0.2, 0) is 9.59 Å². The van der Waals surface area contributed by atoms with Crippen molar-refractivity contribution < 1.29 is 19.8 Å². The van der Waals surface area contributed by atoms with Gasteiger partial charge in [-0.25, -0.2) is 9.59 Å². The van der Waals surface area contributed by atoms with Gasteiger partial charge in [0.1, 0.15) is 0 Å². The third-order valence-corrected chi connectivity index (χ3v) is 7.85. The van der Waals surface area contributed by atoms with Crippen LogP contribution in [0.2, 0.25) is 0 Å². The molecule has 1 aliphatic carbocycles. The summed E-state index contributed by atoms with van der Waals surface area (Å²) in [6, 6.07) is 12.1. The number of piperidine rings is 1. The van der Waals surface area contributed by atoms with Crippen molar-refractivity contribution in [2.75, 3.05) is 24.5 Å². The Morgan fingerprint density at radius 3 is 1.79 bits per heavy atom. The topological polar surface area (TPSA) is 81.1 Å². The minimum Gasteiger partial charge on any atom is -0.478 e. The van der Waals surface area contributed by atoms with E-state index < -0.39 is 11.9 Å². The molecule has 2 N–H and O–H groups in total. The molecule has 0 amide bonds. The zero-order valence-corrected chi connectivity index (χ0v) is 20.5. The molecule has 0 radical (unpaired) electrons. The van der Waals surface area contributed by atoms with E-state index >= 15 is 0 Å². The molecular formula is C28H42N2O4. The number of carboxylic acid groups (broad SMARTS) is 2. The number of carbonyl (C=O) groups is 2. The van der Waals surface area contributed by atoms with Gasteiger partial charge in [-0.1, -0.05) is 63.1 Å². The summed E-state index contributed by atoms with van der Waals surface area (Å²) in [5, 5.41) is 15.6. The van der Waals surface area contributed by atoms with Crippen molar-refractivity contribution in [3.8, 4) is 0 Å². The zero-order chi connectivity index (χ0) is 24.2. The molecule has 1 aromatic carbocycles. The maximum atomic E-state index is 9.55. The van der Waals surface area contributed by atoms with Crippen LogP contribution >= 0.6 is 0 Å². The van der Waals surface area contributed by atoms with Crippen molar-refractivity contribution in [1.29, 1.82) is 0 Å². The van der Waals surface area contributed by atoms with Crippen LogP contribution in [-0.4, -0.2) is 58.3 Å². The van der Waals surface area contributed by atoms with Crippen LogP contribution in [0.3, 0.4) is 0 Å². The zero-order valence-electron chi connectivity index (χ0n) is 20.5. The summed E-state index contributed by atoms with van der Waals surface area (Å²) in [5.41, 5.74) is 1.91. The molecule has 2 saturated heterocycles. The Morgan fingerprint density at radius 1 is 0.735 bits per heavy atom. The van der Waals surface area contributed by atoms with E-state index in [2.05, 4.69) is 40.1 Å². The summed E-state index contributed by atoms with van der Waals surface area (Å²) in [7, 11) is 0. The van der Waals surface area contributed by atoms with Crippen molar-refractivity contribution in [2.45, 2.75) is 95.1 Å². The number of para-hydroxylation sites is 1. The highest BCUT2D eigenvalue weighted by atomic mass is 16.4. The van der Waals surface area contributed by atoms with E-state index in [9.17, 15) is 9.59 Å². The van der Waals surface area contributed by atoms with Crippen LogP contribution in [0.1, 0.15) is 83.5 Å². The molecule has 6 nitrogen and oxygen atoms in total. The van der Waals surface area contributed by atoms with Gasteiger partial charge in [-0.3, -0.25) is 0 Å². The molecule has 1 saturated carbocycles. The van der Waals surface area contributed by atoms with Crippen molar-refractivity contribution in [3.63, 3.8) is 0 Å². The first-order valence-electron chi connectivity index (χ1n) is 13.2. The highest BCUT2D eigenvalue weighted by molar-refractivity contribution is 5.89. The van der Waals surface area contributed by atoms with Crippen LogP contribution < -0.4 is 4.90 Å². The molecule has 2 aliphatic heterocycles. The number of hydrogen-bond acceptors (Lipinski definition) is 4. The second kappa shape index (κ2) is 13.5. The molecule has 188 valence electrons.